The van der Waals surface area contributed by atoms with Gasteiger partial charge in [0.25, 0.3) is 11.6 Å². The van der Waals surface area contributed by atoms with E-state index in [0.717, 1.165) is 12.3 Å². The standard InChI is InChI=1S/C16H17N3O6S/c1-10-4-5-11(8-14(10)18-26(3,23)24)17-16(20)13-9-12(19(21)22)6-7-15(13)25-2/h4-9,18H,1-3H3,(H,17,20). The number of methoxy groups -OCH3 is 1. The first-order valence-corrected chi connectivity index (χ1v) is 9.22. The van der Waals surface area contributed by atoms with E-state index >= 15 is 0 Å². The molecule has 0 saturated heterocycles. The number of benzene rings is 2. The molecule has 0 aliphatic heterocycles. The van der Waals surface area contributed by atoms with Crippen molar-refractivity contribution in [3.8, 4) is 5.75 Å². The van der Waals surface area contributed by atoms with Crippen LogP contribution < -0.4 is 14.8 Å². The van der Waals surface area contributed by atoms with Crippen LogP contribution in [0.5, 0.6) is 5.75 Å². The van der Waals surface area contributed by atoms with Crippen LogP contribution in [0.15, 0.2) is 36.4 Å². The molecule has 9 nitrogen and oxygen atoms in total. The Morgan fingerprint density at radius 2 is 1.88 bits per heavy atom. The molecule has 0 aromatic heterocycles. The van der Waals surface area contributed by atoms with Gasteiger partial charge in [0, 0.05) is 17.8 Å². The molecule has 10 heteroatoms. The van der Waals surface area contributed by atoms with Gasteiger partial charge in [0.15, 0.2) is 0 Å². The lowest BCUT2D eigenvalue weighted by Crippen LogP contribution is -2.15. The van der Waals surface area contributed by atoms with Crippen molar-refractivity contribution in [3.63, 3.8) is 0 Å². The third kappa shape index (κ3) is 4.70. The zero-order valence-corrected chi connectivity index (χ0v) is 15.1. The van der Waals surface area contributed by atoms with Crippen molar-refractivity contribution in [2.75, 3.05) is 23.4 Å². The topological polar surface area (TPSA) is 128 Å². The van der Waals surface area contributed by atoms with Crippen LogP contribution in [0.4, 0.5) is 17.1 Å². The lowest BCUT2D eigenvalue weighted by atomic mass is 10.1. The number of carbonyl (C=O) groups excluding carboxylic acids is 1. The quantitative estimate of drug-likeness (QED) is 0.586. The number of anilines is 2. The number of nitrogens with zero attached hydrogens (tertiary/aromatic N) is 1. The fraction of sp³-hybridized carbons (Fsp3) is 0.188. The Labute approximate surface area is 150 Å². The van der Waals surface area contributed by atoms with Crippen LogP contribution in [-0.2, 0) is 10.0 Å². The van der Waals surface area contributed by atoms with Gasteiger partial charge in [-0.1, -0.05) is 6.07 Å². The van der Waals surface area contributed by atoms with Crippen LogP contribution in [-0.4, -0.2) is 32.6 Å². The number of hydrogen-bond acceptors (Lipinski definition) is 6. The van der Waals surface area contributed by atoms with Crippen LogP contribution in [0.2, 0.25) is 0 Å². The van der Waals surface area contributed by atoms with Gasteiger partial charge in [0.2, 0.25) is 10.0 Å². The summed E-state index contributed by atoms with van der Waals surface area (Å²) in [7, 11) is -2.14. The van der Waals surface area contributed by atoms with Crippen molar-refractivity contribution in [1.82, 2.24) is 0 Å². The summed E-state index contributed by atoms with van der Waals surface area (Å²) in [5.74, 6) is -0.450. The summed E-state index contributed by atoms with van der Waals surface area (Å²) in [4.78, 5) is 22.8. The minimum Gasteiger partial charge on any atom is -0.496 e. The molecule has 2 aromatic rings. The van der Waals surface area contributed by atoms with E-state index in [-0.39, 0.29) is 17.0 Å². The van der Waals surface area contributed by atoms with Crippen molar-refractivity contribution in [3.05, 3.63) is 57.6 Å². The second-order valence-corrected chi connectivity index (χ2v) is 7.25. The van der Waals surface area contributed by atoms with Gasteiger partial charge in [-0.15, -0.1) is 0 Å². The minimum atomic E-state index is -3.48. The number of nitro groups is 1. The summed E-state index contributed by atoms with van der Waals surface area (Å²) in [5, 5.41) is 13.5. The molecule has 0 aliphatic carbocycles. The molecule has 0 heterocycles. The number of hydrogen-bond donors (Lipinski definition) is 2. The Bertz CT molecular complexity index is 972. The number of amides is 1. The lowest BCUT2D eigenvalue weighted by molar-refractivity contribution is -0.384. The molecule has 1 amide bonds. The van der Waals surface area contributed by atoms with E-state index in [2.05, 4.69) is 10.0 Å². The molecule has 0 saturated carbocycles. The Balaban J connectivity index is 2.34. The predicted molar refractivity (Wildman–Crippen MR) is 97.2 cm³/mol. The van der Waals surface area contributed by atoms with Gasteiger partial charge in [-0.2, -0.15) is 0 Å². The molecule has 2 N–H and O–H groups in total. The van der Waals surface area contributed by atoms with Crippen LogP contribution in [0, 0.1) is 17.0 Å². The van der Waals surface area contributed by atoms with Crippen LogP contribution in [0.1, 0.15) is 15.9 Å². The lowest BCUT2D eigenvalue weighted by Gasteiger charge is -2.12. The zero-order chi connectivity index (χ0) is 19.5. The number of carbonyl (C=O) groups is 1. The van der Waals surface area contributed by atoms with E-state index in [1.165, 1.54) is 25.3 Å². The first kappa shape index (κ1) is 19.2. The van der Waals surface area contributed by atoms with Gasteiger partial charge in [-0.3, -0.25) is 19.6 Å². The number of sulfonamides is 1. The number of non-ortho nitro benzene ring substituents is 1. The van der Waals surface area contributed by atoms with E-state index in [1.54, 1.807) is 19.1 Å². The molecule has 0 radical (unpaired) electrons. The van der Waals surface area contributed by atoms with E-state index in [9.17, 15) is 23.3 Å². The van der Waals surface area contributed by atoms with Gasteiger partial charge < -0.3 is 10.1 Å². The second kappa shape index (κ2) is 7.40. The highest BCUT2D eigenvalue weighted by Gasteiger charge is 2.18. The monoisotopic (exact) mass is 379 g/mol. The summed E-state index contributed by atoms with van der Waals surface area (Å²) >= 11 is 0. The van der Waals surface area contributed by atoms with Crippen molar-refractivity contribution >= 4 is 33.0 Å². The maximum Gasteiger partial charge on any atom is 0.270 e. The molecule has 0 fully saturated rings. The normalized spacial score (nSPS) is 10.9. The Morgan fingerprint density at radius 3 is 2.46 bits per heavy atom. The first-order chi connectivity index (χ1) is 12.1. The van der Waals surface area contributed by atoms with E-state index < -0.39 is 20.9 Å². The molecule has 2 rings (SSSR count). The minimum absolute atomic E-state index is 0.0140. The van der Waals surface area contributed by atoms with E-state index in [1.807, 2.05) is 0 Å². The number of ether oxygens (including phenoxy) is 1. The summed E-state index contributed by atoms with van der Waals surface area (Å²) in [5.41, 5.74) is 1.04. The summed E-state index contributed by atoms with van der Waals surface area (Å²) in [6, 6.07) is 8.35. The third-order valence-electron chi connectivity index (χ3n) is 3.43. The zero-order valence-electron chi connectivity index (χ0n) is 14.3. The Kier molecular flexibility index (Phi) is 5.46. The maximum atomic E-state index is 12.5. The average molecular weight is 379 g/mol. The SMILES string of the molecule is COc1ccc([N+](=O)[O-])cc1C(=O)Nc1ccc(C)c(NS(C)(=O)=O)c1. The fourth-order valence-corrected chi connectivity index (χ4v) is 2.81. The number of nitro benzene ring substituents is 1. The Morgan fingerprint density at radius 1 is 1.19 bits per heavy atom. The smallest absolute Gasteiger partial charge is 0.270 e. The molecule has 0 bridgehead atoms. The highest BCUT2D eigenvalue weighted by atomic mass is 32.2. The second-order valence-electron chi connectivity index (χ2n) is 5.50. The van der Waals surface area contributed by atoms with Crippen molar-refractivity contribution in [2.24, 2.45) is 0 Å². The molecule has 2 aromatic carbocycles. The van der Waals surface area contributed by atoms with Crippen LogP contribution >= 0.6 is 0 Å². The molecular weight excluding hydrogens is 362 g/mol. The van der Waals surface area contributed by atoms with Crippen molar-refractivity contribution < 1.29 is 22.9 Å². The molecule has 0 atom stereocenters. The van der Waals surface area contributed by atoms with Crippen molar-refractivity contribution in [1.29, 1.82) is 0 Å². The number of rotatable bonds is 6. The fourth-order valence-electron chi connectivity index (χ4n) is 2.19. The van der Waals surface area contributed by atoms with Gasteiger partial charge in [-0.25, -0.2) is 8.42 Å². The molecule has 0 unspecified atom stereocenters. The van der Waals surface area contributed by atoms with Crippen LogP contribution in [0.3, 0.4) is 0 Å². The number of nitrogens with one attached hydrogen (secondary N) is 2. The van der Waals surface area contributed by atoms with Gasteiger partial charge in [-0.05, 0) is 30.7 Å². The number of aryl methyl sites for hydroxylation is 1. The van der Waals surface area contributed by atoms with E-state index in [4.69, 9.17) is 4.74 Å². The largest absolute Gasteiger partial charge is 0.496 e. The first-order valence-electron chi connectivity index (χ1n) is 7.33. The average Bonchev–Trinajstić information content (AvgIpc) is 2.55. The summed E-state index contributed by atoms with van der Waals surface area (Å²) in [6.07, 6.45) is 1.02. The molecule has 26 heavy (non-hydrogen) atoms. The van der Waals surface area contributed by atoms with Gasteiger partial charge in [0.05, 0.1) is 29.5 Å². The maximum absolute atomic E-state index is 12.5. The third-order valence-corrected chi connectivity index (χ3v) is 4.02. The molecular formula is C16H17N3O6S. The summed E-state index contributed by atoms with van der Waals surface area (Å²) in [6.45, 7) is 1.71. The highest BCUT2D eigenvalue weighted by Crippen LogP contribution is 2.26. The van der Waals surface area contributed by atoms with Crippen molar-refractivity contribution in [2.45, 2.75) is 6.92 Å². The van der Waals surface area contributed by atoms with Gasteiger partial charge in [0.1, 0.15) is 5.75 Å². The molecule has 0 spiro atoms. The molecule has 138 valence electrons. The Hall–Kier alpha value is -3.14. The predicted octanol–water partition coefficient (Wildman–Crippen LogP) is 2.54. The van der Waals surface area contributed by atoms with Gasteiger partial charge >= 0.3 is 0 Å². The van der Waals surface area contributed by atoms with E-state index in [0.29, 0.717) is 16.9 Å². The van der Waals surface area contributed by atoms with Crippen LogP contribution in [0.25, 0.3) is 0 Å². The molecule has 0 aliphatic rings. The summed E-state index contributed by atoms with van der Waals surface area (Å²) < 4.78 is 30.3. The highest BCUT2D eigenvalue weighted by molar-refractivity contribution is 7.92.